The minimum absolute atomic E-state index is 0.172. The predicted octanol–water partition coefficient (Wildman–Crippen LogP) is 2.95. The Balaban J connectivity index is 2.87. The second-order valence-electron chi connectivity index (χ2n) is 5.70. The molecule has 3 N–H and O–H groups in total. The first-order chi connectivity index (χ1) is 11.9. The summed E-state index contributed by atoms with van der Waals surface area (Å²) in [5.74, 6) is -0.939. The summed E-state index contributed by atoms with van der Waals surface area (Å²) in [6.07, 6.45) is 3.46. The Labute approximate surface area is 152 Å². The van der Waals surface area contributed by atoms with Crippen LogP contribution in [0.15, 0.2) is 36.0 Å². The number of nitrogens with zero attached hydrogens (tertiary/aromatic N) is 1. The second kappa shape index (κ2) is 10.4. The number of amides is 1. The molecule has 0 saturated heterocycles. The van der Waals surface area contributed by atoms with Crippen LogP contribution in [0, 0.1) is 11.3 Å². The molecule has 1 aromatic rings. The van der Waals surface area contributed by atoms with E-state index in [0.29, 0.717) is 12.2 Å². The lowest BCUT2D eigenvalue weighted by Crippen LogP contribution is -2.41. The molecule has 0 saturated carbocycles. The van der Waals surface area contributed by atoms with Crippen molar-refractivity contribution in [3.8, 4) is 6.07 Å². The van der Waals surface area contributed by atoms with Crippen LogP contribution in [0.2, 0.25) is 0 Å². The van der Waals surface area contributed by atoms with Gasteiger partial charge in [-0.2, -0.15) is 17.0 Å². The fourth-order valence-electron chi connectivity index (χ4n) is 2.16. The number of carbonyl (C=O) groups excluding carboxylic acids is 1. The maximum absolute atomic E-state index is 12.2. The summed E-state index contributed by atoms with van der Waals surface area (Å²) in [7, 11) is 0. The van der Waals surface area contributed by atoms with Crippen molar-refractivity contribution in [3.63, 3.8) is 0 Å². The highest BCUT2D eigenvalue weighted by atomic mass is 32.2. The summed E-state index contributed by atoms with van der Waals surface area (Å²) in [6, 6.07) is 8.40. The third-order valence-electron chi connectivity index (χ3n) is 3.53. The van der Waals surface area contributed by atoms with Crippen LogP contribution >= 0.6 is 11.8 Å². The molecule has 0 heterocycles. The molecule has 0 aliphatic rings. The quantitative estimate of drug-likeness (QED) is 0.462. The van der Waals surface area contributed by atoms with Crippen LogP contribution in [0.25, 0.3) is 0 Å². The smallest absolute Gasteiger partial charge is 0.326 e. The Bertz CT molecular complexity index is 680. The number of aliphatic carboxylic acids is 1. The molecule has 0 aliphatic carbocycles. The first-order valence-corrected chi connectivity index (χ1v) is 9.28. The zero-order chi connectivity index (χ0) is 18.8. The fraction of sp³-hybridized carbons (Fsp3) is 0.389. The molecule has 0 fully saturated rings. The normalized spacial score (nSPS) is 12.4. The lowest BCUT2D eigenvalue weighted by molar-refractivity contribution is -0.141. The van der Waals surface area contributed by atoms with Crippen molar-refractivity contribution >= 4 is 29.3 Å². The number of thioether (sulfide) groups is 1. The molecule has 0 aromatic heterocycles. The molecule has 6 nitrogen and oxygen atoms in total. The first kappa shape index (κ1) is 20.6. The van der Waals surface area contributed by atoms with Gasteiger partial charge in [-0.05, 0) is 36.0 Å². The third kappa shape index (κ3) is 6.51. The molecular weight excluding hydrogens is 338 g/mol. The lowest BCUT2D eigenvalue weighted by Gasteiger charge is -2.14. The van der Waals surface area contributed by atoms with Crippen LogP contribution in [0.3, 0.4) is 0 Å². The average molecular weight is 361 g/mol. The van der Waals surface area contributed by atoms with Gasteiger partial charge in [0, 0.05) is 11.9 Å². The topological polar surface area (TPSA) is 102 Å². The Morgan fingerprint density at radius 3 is 2.60 bits per heavy atom. The van der Waals surface area contributed by atoms with Gasteiger partial charge in [0.05, 0.1) is 0 Å². The van der Waals surface area contributed by atoms with E-state index in [-0.39, 0.29) is 11.5 Å². The van der Waals surface area contributed by atoms with Crippen molar-refractivity contribution in [1.29, 1.82) is 5.26 Å². The maximum atomic E-state index is 12.2. The van der Waals surface area contributed by atoms with Gasteiger partial charge in [-0.25, -0.2) is 4.79 Å². The van der Waals surface area contributed by atoms with E-state index in [4.69, 9.17) is 5.11 Å². The highest BCUT2D eigenvalue weighted by molar-refractivity contribution is 7.98. The first-order valence-electron chi connectivity index (χ1n) is 7.89. The maximum Gasteiger partial charge on any atom is 0.326 e. The standard InChI is InChI=1S/C18H23N3O3S/c1-12(2)14-6-4-5-7-15(14)20-11-13(10-19)17(22)21-16(18(23)24)8-9-25-3/h4-7,11-12,16,20H,8-9H2,1-3H3,(H,21,22)(H,23,24)/b13-11-. The van der Waals surface area contributed by atoms with Crippen molar-refractivity contribution in [2.75, 3.05) is 17.3 Å². The molecule has 25 heavy (non-hydrogen) atoms. The van der Waals surface area contributed by atoms with Crippen LogP contribution in [0.5, 0.6) is 0 Å². The molecule has 1 amide bonds. The Morgan fingerprint density at radius 2 is 2.04 bits per heavy atom. The number of carboxylic acid groups (broad SMARTS) is 1. The summed E-state index contributed by atoms with van der Waals surface area (Å²) >= 11 is 1.49. The van der Waals surface area contributed by atoms with E-state index in [0.717, 1.165) is 11.3 Å². The molecule has 0 bridgehead atoms. The monoisotopic (exact) mass is 361 g/mol. The van der Waals surface area contributed by atoms with E-state index in [1.54, 1.807) is 0 Å². The number of benzene rings is 1. The highest BCUT2D eigenvalue weighted by Gasteiger charge is 2.21. The van der Waals surface area contributed by atoms with E-state index in [9.17, 15) is 14.9 Å². The van der Waals surface area contributed by atoms with Crippen LogP contribution in [0.1, 0.15) is 31.7 Å². The van der Waals surface area contributed by atoms with E-state index < -0.39 is 17.9 Å². The Kier molecular flexibility index (Phi) is 8.57. The third-order valence-corrected chi connectivity index (χ3v) is 4.18. The molecule has 134 valence electrons. The van der Waals surface area contributed by atoms with Gasteiger partial charge >= 0.3 is 5.97 Å². The minimum Gasteiger partial charge on any atom is -0.480 e. The van der Waals surface area contributed by atoms with Gasteiger partial charge in [0.25, 0.3) is 5.91 Å². The van der Waals surface area contributed by atoms with E-state index >= 15 is 0 Å². The van der Waals surface area contributed by atoms with Crippen molar-refractivity contribution in [2.24, 2.45) is 0 Å². The zero-order valence-corrected chi connectivity index (χ0v) is 15.4. The van der Waals surface area contributed by atoms with Gasteiger partial charge in [-0.3, -0.25) is 4.79 Å². The molecule has 0 spiro atoms. The number of carboxylic acids is 1. The molecule has 1 rings (SSSR count). The Hall–Kier alpha value is -2.46. The van der Waals surface area contributed by atoms with E-state index in [2.05, 4.69) is 10.6 Å². The SMILES string of the molecule is CSCCC(NC(=O)/C(C#N)=C\Nc1ccccc1C(C)C)C(=O)O. The number of carbonyl (C=O) groups is 2. The van der Waals surface area contributed by atoms with Crippen molar-refractivity contribution in [2.45, 2.75) is 32.2 Å². The van der Waals surface area contributed by atoms with E-state index in [1.165, 1.54) is 18.0 Å². The van der Waals surface area contributed by atoms with Gasteiger partial charge in [-0.1, -0.05) is 32.0 Å². The lowest BCUT2D eigenvalue weighted by atomic mass is 10.0. The largest absolute Gasteiger partial charge is 0.480 e. The summed E-state index contributed by atoms with van der Waals surface area (Å²) in [6.45, 7) is 4.09. The summed E-state index contributed by atoms with van der Waals surface area (Å²) in [4.78, 5) is 23.4. The van der Waals surface area contributed by atoms with Crippen molar-refractivity contribution < 1.29 is 14.7 Å². The minimum atomic E-state index is -1.11. The van der Waals surface area contributed by atoms with Crippen LogP contribution < -0.4 is 10.6 Å². The number of para-hydroxylation sites is 1. The Morgan fingerprint density at radius 1 is 1.36 bits per heavy atom. The number of anilines is 1. The number of nitrogens with one attached hydrogen (secondary N) is 2. The van der Waals surface area contributed by atoms with Crippen LogP contribution in [0.4, 0.5) is 5.69 Å². The van der Waals surface area contributed by atoms with Crippen molar-refractivity contribution in [1.82, 2.24) is 5.32 Å². The molecular formula is C18H23N3O3S. The number of rotatable bonds is 9. The van der Waals surface area contributed by atoms with Crippen molar-refractivity contribution in [3.05, 3.63) is 41.6 Å². The van der Waals surface area contributed by atoms with Crippen LogP contribution in [-0.2, 0) is 9.59 Å². The summed E-state index contributed by atoms with van der Waals surface area (Å²) in [5, 5.41) is 23.7. The van der Waals surface area contributed by atoms with Gasteiger partial charge in [0.1, 0.15) is 17.7 Å². The molecule has 1 atom stereocenters. The number of nitriles is 1. The zero-order valence-electron chi connectivity index (χ0n) is 14.6. The molecule has 0 aliphatic heterocycles. The van der Waals surface area contributed by atoms with Crippen LogP contribution in [-0.4, -0.2) is 35.0 Å². The molecule has 1 unspecified atom stereocenters. The second-order valence-corrected chi connectivity index (χ2v) is 6.69. The van der Waals surface area contributed by atoms with Gasteiger partial charge < -0.3 is 15.7 Å². The summed E-state index contributed by atoms with van der Waals surface area (Å²) in [5.41, 5.74) is 1.68. The number of hydrogen-bond donors (Lipinski definition) is 3. The van der Waals surface area contributed by atoms with Gasteiger partial charge in [0.2, 0.25) is 0 Å². The molecule has 1 aromatic carbocycles. The molecule has 0 radical (unpaired) electrons. The van der Waals surface area contributed by atoms with Gasteiger partial charge in [0.15, 0.2) is 0 Å². The van der Waals surface area contributed by atoms with Gasteiger partial charge in [-0.15, -0.1) is 0 Å². The van der Waals surface area contributed by atoms with E-state index in [1.807, 2.05) is 50.4 Å². The summed E-state index contributed by atoms with van der Waals surface area (Å²) < 4.78 is 0. The molecule has 7 heteroatoms. The fourth-order valence-corrected chi connectivity index (χ4v) is 2.63. The number of hydrogen-bond acceptors (Lipinski definition) is 5. The average Bonchev–Trinajstić information content (AvgIpc) is 2.59. The highest BCUT2D eigenvalue weighted by Crippen LogP contribution is 2.23. The predicted molar refractivity (Wildman–Crippen MR) is 100 cm³/mol.